The standard InChI is InChI=1S/C24H31N3O2/c1-3-26(4-2)24(29)27-17-15-21(16-18-27)25-23(28)22(19-11-7-5-8-12-19)20-13-9-6-10-14-20/h5-14,21-22H,3-4,15-18H2,1-2H3,(H,25,28). The third-order valence-corrected chi connectivity index (χ3v) is 5.67. The molecule has 0 radical (unpaired) electrons. The molecule has 1 fully saturated rings. The number of rotatable bonds is 6. The van der Waals surface area contributed by atoms with Crippen LogP contribution in [-0.4, -0.2) is 54.0 Å². The van der Waals surface area contributed by atoms with Gasteiger partial charge in [0.25, 0.3) is 0 Å². The molecule has 3 amide bonds. The monoisotopic (exact) mass is 393 g/mol. The van der Waals surface area contributed by atoms with E-state index in [0.717, 1.165) is 37.1 Å². The van der Waals surface area contributed by atoms with Crippen molar-refractivity contribution in [3.63, 3.8) is 0 Å². The molecule has 3 rings (SSSR count). The lowest BCUT2D eigenvalue weighted by Crippen LogP contribution is -2.51. The van der Waals surface area contributed by atoms with Crippen molar-refractivity contribution in [2.75, 3.05) is 26.2 Å². The van der Waals surface area contributed by atoms with Crippen LogP contribution in [0, 0.1) is 0 Å². The van der Waals surface area contributed by atoms with E-state index in [9.17, 15) is 9.59 Å². The number of piperidine rings is 1. The average Bonchev–Trinajstić information content (AvgIpc) is 2.77. The second-order valence-corrected chi connectivity index (χ2v) is 7.48. The van der Waals surface area contributed by atoms with Crippen molar-refractivity contribution in [3.05, 3.63) is 71.8 Å². The molecular formula is C24H31N3O2. The van der Waals surface area contributed by atoms with Crippen molar-refractivity contribution >= 4 is 11.9 Å². The first-order valence-electron chi connectivity index (χ1n) is 10.6. The molecule has 0 bridgehead atoms. The van der Waals surface area contributed by atoms with Gasteiger partial charge in [-0.15, -0.1) is 0 Å². The quantitative estimate of drug-likeness (QED) is 0.810. The maximum atomic E-state index is 13.2. The normalized spacial score (nSPS) is 14.7. The SMILES string of the molecule is CCN(CC)C(=O)N1CCC(NC(=O)C(c2ccccc2)c2ccccc2)CC1. The fourth-order valence-electron chi connectivity index (χ4n) is 3.98. The van der Waals surface area contributed by atoms with E-state index < -0.39 is 0 Å². The molecule has 0 atom stereocenters. The minimum atomic E-state index is -0.326. The predicted molar refractivity (Wildman–Crippen MR) is 116 cm³/mol. The van der Waals surface area contributed by atoms with Crippen LogP contribution in [-0.2, 0) is 4.79 Å². The van der Waals surface area contributed by atoms with Gasteiger partial charge in [0.15, 0.2) is 0 Å². The van der Waals surface area contributed by atoms with Gasteiger partial charge in [-0.2, -0.15) is 0 Å². The van der Waals surface area contributed by atoms with Crippen LogP contribution < -0.4 is 5.32 Å². The van der Waals surface area contributed by atoms with Gasteiger partial charge in [0.1, 0.15) is 0 Å². The van der Waals surface area contributed by atoms with Gasteiger partial charge in [-0.25, -0.2) is 4.79 Å². The maximum Gasteiger partial charge on any atom is 0.319 e. The molecule has 5 heteroatoms. The smallest absolute Gasteiger partial charge is 0.319 e. The molecule has 2 aromatic rings. The molecule has 1 saturated heterocycles. The highest BCUT2D eigenvalue weighted by Gasteiger charge is 2.29. The summed E-state index contributed by atoms with van der Waals surface area (Å²) in [4.78, 5) is 29.5. The van der Waals surface area contributed by atoms with Crippen molar-refractivity contribution in [2.24, 2.45) is 0 Å². The number of carbonyl (C=O) groups excluding carboxylic acids is 2. The van der Waals surface area contributed by atoms with Crippen molar-refractivity contribution in [1.29, 1.82) is 0 Å². The van der Waals surface area contributed by atoms with Gasteiger partial charge < -0.3 is 15.1 Å². The molecule has 1 N–H and O–H groups in total. The summed E-state index contributed by atoms with van der Waals surface area (Å²) in [5.41, 5.74) is 1.98. The lowest BCUT2D eigenvalue weighted by atomic mass is 9.90. The van der Waals surface area contributed by atoms with E-state index in [4.69, 9.17) is 0 Å². The number of hydrogen-bond acceptors (Lipinski definition) is 2. The topological polar surface area (TPSA) is 52.7 Å². The lowest BCUT2D eigenvalue weighted by molar-refractivity contribution is -0.122. The Balaban J connectivity index is 1.65. The molecular weight excluding hydrogens is 362 g/mol. The Kier molecular flexibility index (Phi) is 7.28. The van der Waals surface area contributed by atoms with Crippen LogP contribution in [0.3, 0.4) is 0 Å². The minimum Gasteiger partial charge on any atom is -0.352 e. The highest BCUT2D eigenvalue weighted by Crippen LogP contribution is 2.25. The van der Waals surface area contributed by atoms with Crippen molar-refractivity contribution < 1.29 is 9.59 Å². The van der Waals surface area contributed by atoms with Crippen LogP contribution in [0.2, 0.25) is 0 Å². The highest BCUT2D eigenvalue weighted by atomic mass is 16.2. The maximum absolute atomic E-state index is 13.2. The van der Waals surface area contributed by atoms with E-state index in [-0.39, 0.29) is 23.9 Å². The van der Waals surface area contributed by atoms with Crippen LogP contribution >= 0.6 is 0 Å². The molecule has 154 valence electrons. The van der Waals surface area contributed by atoms with Gasteiger partial charge in [0, 0.05) is 32.2 Å². The molecule has 0 spiro atoms. The van der Waals surface area contributed by atoms with Crippen molar-refractivity contribution in [1.82, 2.24) is 15.1 Å². The largest absolute Gasteiger partial charge is 0.352 e. The number of carbonyl (C=O) groups is 2. The molecule has 29 heavy (non-hydrogen) atoms. The Morgan fingerprint density at radius 1 is 0.931 bits per heavy atom. The van der Waals surface area contributed by atoms with Gasteiger partial charge in [-0.1, -0.05) is 60.7 Å². The van der Waals surface area contributed by atoms with Gasteiger partial charge >= 0.3 is 6.03 Å². The summed E-state index contributed by atoms with van der Waals surface area (Å²) in [6, 6.07) is 20.0. The first kappa shape index (κ1) is 20.9. The number of nitrogens with zero attached hydrogens (tertiary/aromatic N) is 2. The Morgan fingerprint density at radius 3 is 1.86 bits per heavy atom. The molecule has 0 unspecified atom stereocenters. The van der Waals surface area contributed by atoms with E-state index in [0.29, 0.717) is 13.1 Å². The van der Waals surface area contributed by atoms with Crippen LogP contribution in [0.25, 0.3) is 0 Å². The second-order valence-electron chi connectivity index (χ2n) is 7.48. The van der Waals surface area contributed by atoms with Crippen LogP contribution in [0.1, 0.15) is 43.7 Å². The van der Waals surface area contributed by atoms with Gasteiger partial charge in [-0.05, 0) is 37.8 Å². The Morgan fingerprint density at radius 2 is 1.41 bits per heavy atom. The van der Waals surface area contributed by atoms with E-state index in [2.05, 4.69) is 5.32 Å². The Bertz CT molecular complexity index is 743. The predicted octanol–water partition coefficient (Wildman–Crippen LogP) is 3.86. The van der Waals surface area contributed by atoms with Crippen LogP contribution in [0.5, 0.6) is 0 Å². The summed E-state index contributed by atoms with van der Waals surface area (Å²) in [5.74, 6) is -0.302. The molecule has 1 aliphatic rings. The number of benzene rings is 2. The van der Waals surface area contributed by atoms with Crippen molar-refractivity contribution in [3.8, 4) is 0 Å². The third kappa shape index (κ3) is 5.17. The second kappa shape index (κ2) is 10.1. The van der Waals surface area contributed by atoms with E-state index in [1.807, 2.05) is 84.3 Å². The van der Waals surface area contributed by atoms with Gasteiger partial charge in [0.2, 0.25) is 5.91 Å². The zero-order chi connectivity index (χ0) is 20.6. The molecule has 0 saturated carbocycles. The summed E-state index contributed by atoms with van der Waals surface area (Å²) in [6.45, 7) is 6.82. The zero-order valence-corrected chi connectivity index (χ0v) is 17.4. The van der Waals surface area contributed by atoms with Crippen LogP contribution in [0.4, 0.5) is 4.79 Å². The summed E-state index contributed by atoms with van der Waals surface area (Å²) < 4.78 is 0. The fraction of sp³-hybridized carbons (Fsp3) is 0.417. The lowest BCUT2D eigenvalue weighted by Gasteiger charge is -2.36. The molecule has 1 aliphatic heterocycles. The number of nitrogens with one attached hydrogen (secondary N) is 1. The third-order valence-electron chi connectivity index (χ3n) is 5.67. The first-order chi connectivity index (χ1) is 14.1. The molecule has 1 heterocycles. The van der Waals surface area contributed by atoms with Crippen molar-refractivity contribution in [2.45, 2.75) is 38.6 Å². The summed E-state index contributed by atoms with van der Waals surface area (Å²) in [7, 11) is 0. The summed E-state index contributed by atoms with van der Waals surface area (Å²) in [6.07, 6.45) is 1.57. The summed E-state index contributed by atoms with van der Waals surface area (Å²) in [5, 5.41) is 3.24. The number of likely N-dealkylation sites (tertiary alicyclic amines) is 1. The number of amides is 3. The fourth-order valence-corrected chi connectivity index (χ4v) is 3.98. The molecule has 0 aliphatic carbocycles. The van der Waals surface area contributed by atoms with E-state index in [1.54, 1.807) is 0 Å². The zero-order valence-electron chi connectivity index (χ0n) is 17.4. The van der Waals surface area contributed by atoms with Crippen LogP contribution in [0.15, 0.2) is 60.7 Å². The number of hydrogen-bond donors (Lipinski definition) is 1. The molecule has 5 nitrogen and oxygen atoms in total. The average molecular weight is 394 g/mol. The van der Waals surface area contributed by atoms with Gasteiger partial charge in [0.05, 0.1) is 5.92 Å². The Labute approximate surface area is 173 Å². The number of urea groups is 1. The van der Waals surface area contributed by atoms with E-state index in [1.165, 1.54) is 0 Å². The summed E-state index contributed by atoms with van der Waals surface area (Å²) >= 11 is 0. The molecule has 0 aromatic heterocycles. The highest BCUT2D eigenvalue weighted by molar-refractivity contribution is 5.87. The minimum absolute atomic E-state index is 0.0240. The Hall–Kier alpha value is -2.82. The first-order valence-corrected chi connectivity index (χ1v) is 10.6. The molecule has 2 aromatic carbocycles. The van der Waals surface area contributed by atoms with Gasteiger partial charge in [-0.3, -0.25) is 4.79 Å². The van der Waals surface area contributed by atoms with E-state index >= 15 is 0 Å².